The number of amides is 1. The van der Waals surface area contributed by atoms with Crippen LogP contribution in [-0.2, 0) is 4.79 Å². The summed E-state index contributed by atoms with van der Waals surface area (Å²) in [5.74, 6) is 0.425. The Balaban J connectivity index is 1.94. The number of rotatable bonds is 3. The van der Waals surface area contributed by atoms with Gasteiger partial charge in [-0.1, -0.05) is 36.9 Å². The highest BCUT2D eigenvalue weighted by Crippen LogP contribution is 2.40. The Morgan fingerprint density at radius 2 is 2.14 bits per heavy atom. The van der Waals surface area contributed by atoms with Gasteiger partial charge in [-0.05, 0) is 18.1 Å². The Bertz CT molecular complexity index is 345. The van der Waals surface area contributed by atoms with Crippen molar-refractivity contribution < 1.29 is 4.79 Å². The molecule has 1 aliphatic carbocycles. The summed E-state index contributed by atoms with van der Waals surface area (Å²) >= 11 is 0. The SMILES string of the molecule is C=CC(=O)N[C@@H]1C[C@@H]1c1ccccc1. The van der Waals surface area contributed by atoms with Gasteiger partial charge in [-0.2, -0.15) is 0 Å². The maximum Gasteiger partial charge on any atom is 0.243 e. The highest BCUT2D eigenvalue weighted by molar-refractivity contribution is 5.87. The monoisotopic (exact) mass is 187 g/mol. The lowest BCUT2D eigenvalue weighted by Crippen LogP contribution is -2.24. The van der Waals surface area contributed by atoms with Gasteiger partial charge in [-0.25, -0.2) is 0 Å². The molecular formula is C12H13NO. The summed E-state index contributed by atoms with van der Waals surface area (Å²) < 4.78 is 0. The van der Waals surface area contributed by atoms with Crippen LogP contribution in [-0.4, -0.2) is 11.9 Å². The summed E-state index contributed by atoms with van der Waals surface area (Å²) in [5.41, 5.74) is 1.31. The van der Waals surface area contributed by atoms with E-state index in [-0.39, 0.29) is 5.91 Å². The van der Waals surface area contributed by atoms with Crippen LogP contribution in [0.25, 0.3) is 0 Å². The van der Waals surface area contributed by atoms with Crippen molar-refractivity contribution in [2.75, 3.05) is 0 Å². The predicted octanol–water partition coefficient (Wildman–Crippen LogP) is 1.84. The van der Waals surface area contributed by atoms with Crippen molar-refractivity contribution in [1.82, 2.24) is 5.32 Å². The van der Waals surface area contributed by atoms with Gasteiger partial charge in [0.15, 0.2) is 0 Å². The molecule has 72 valence electrons. The lowest BCUT2D eigenvalue weighted by molar-refractivity contribution is -0.116. The maximum atomic E-state index is 11.0. The second-order valence-corrected chi connectivity index (χ2v) is 3.57. The van der Waals surface area contributed by atoms with Crippen molar-refractivity contribution in [2.24, 2.45) is 0 Å². The minimum Gasteiger partial charge on any atom is -0.349 e. The molecular weight excluding hydrogens is 174 g/mol. The summed E-state index contributed by atoms with van der Waals surface area (Å²) in [6.07, 6.45) is 2.37. The molecule has 0 aliphatic heterocycles. The number of hydrogen-bond donors (Lipinski definition) is 1. The maximum absolute atomic E-state index is 11.0. The van der Waals surface area contributed by atoms with Gasteiger partial charge in [0.05, 0.1) is 0 Å². The second-order valence-electron chi connectivity index (χ2n) is 3.57. The van der Waals surface area contributed by atoms with E-state index in [2.05, 4.69) is 24.0 Å². The summed E-state index contributed by atoms with van der Waals surface area (Å²) in [6.45, 7) is 3.43. The average Bonchev–Trinajstić information content (AvgIpc) is 2.98. The molecule has 2 nitrogen and oxygen atoms in total. The minimum atomic E-state index is -0.0755. The molecule has 2 heteroatoms. The molecule has 2 rings (SSSR count). The third-order valence-corrected chi connectivity index (χ3v) is 2.53. The molecule has 0 heterocycles. The third kappa shape index (κ3) is 1.84. The average molecular weight is 187 g/mol. The van der Waals surface area contributed by atoms with Crippen molar-refractivity contribution in [2.45, 2.75) is 18.4 Å². The van der Waals surface area contributed by atoms with Crippen molar-refractivity contribution in [3.63, 3.8) is 0 Å². The van der Waals surface area contributed by atoms with Crippen molar-refractivity contribution >= 4 is 5.91 Å². The first kappa shape index (κ1) is 9.00. The van der Waals surface area contributed by atoms with E-state index in [1.54, 1.807) is 0 Å². The smallest absolute Gasteiger partial charge is 0.243 e. The zero-order valence-corrected chi connectivity index (χ0v) is 7.94. The Hall–Kier alpha value is -1.57. The molecule has 1 aromatic carbocycles. The number of nitrogens with one attached hydrogen (secondary N) is 1. The van der Waals surface area contributed by atoms with Crippen molar-refractivity contribution in [3.8, 4) is 0 Å². The van der Waals surface area contributed by atoms with Crippen molar-refractivity contribution in [3.05, 3.63) is 48.6 Å². The Kier molecular flexibility index (Phi) is 2.35. The molecule has 0 radical (unpaired) electrons. The quantitative estimate of drug-likeness (QED) is 0.719. The van der Waals surface area contributed by atoms with Crippen LogP contribution < -0.4 is 5.32 Å². The lowest BCUT2D eigenvalue weighted by atomic mass is 10.1. The van der Waals surface area contributed by atoms with Crippen LogP contribution in [0.3, 0.4) is 0 Å². The van der Waals surface area contributed by atoms with Gasteiger partial charge < -0.3 is 5.32 Å². The number of hydrogen-bond acceptors (Lipinski definition) is 1. The Morgan fingerprint density at radius 3 is 2.79 bits per heavy atom. The zero-order chi connectivity index (χ0) is 9.97. The molecule has 1 aromatic rings. The molecule has 14 heavy (non-hydrogen) atoms. The highest BCUT2D eigenvalue weighted by atomic mass is 16.1. The van der Waals surface area contributed by atoms with E-state index < -0.39 is 0 Å². The number of benzene rings is 1. The van der Waals surface area contributed by atoms with E-state index in [1.807, 2.05) is 18.2 Å². The molecule has 1 saturated carbocycles. The molecule has 0 bridgehead atoms. The first-order chi connectivity index (χ1) is 6.81. The van der Waals surface area contributed by atoms with Gasteiger partial charge in [0, 0.05) is 12.0 Å². The fraction of sp³-hybridized carbons (Fsp3) is 0.250. The zero-order valence-electron chi connectivity index (χ0n) is 7.94. The number of carbonyl (C=O) groups excluding carboxylic acids is 1. The van der Waals surface area contributed by atoms with E-state index >= 15 is 0 Å². The molecule has 2 atom stereocenters. The molecule has 0 saturated heterocycles. The van der Waals surface area contributed by atoms with E-state index in [1.165, 1.54) is 11.6 Å². The van der Waals surface area contributed by atoms with E-state index in [9.17, 15) is 4.79 Å². The summed E-state index contributed by atoms with van der Waals surface area (Å²) in [7, 11) is 0. The van der Waals surface area contributed by atoms with Gasteiger partial charge in [-0.15, -0.1) is 0 Å². The topological polar surface area (TPSA) is 29.1 Å². The van der Waals surface area contributed by atoms with Gasteiger partial charge in [0.2, 0.25) is 5.91 Å². The first-order valence-corrected chi connectivity index (χ1v) is 4.79. The first-order valence-electron chi connectivity index (χ1n) is 4.79. The summed E-state index contributed by atoms with van der Waals surface area (Å²) in [4.78, 5) is 11.0. The molecule has 0 spiro atoms. The molecule has 0 unspecified atom stereocenters. The molecule has 1 amide bonds. The Labute approximate surface area is 83.6 Å². The third-order valence-electron chi connectivity index (χ3n) is 2.53. The van der Waals surface area contributed by atoms with Gasteiger partial charge >= 0.3 is 0 Å². The highest BCUT2D eigenvalue weighted by Gasteiger charge is 2.38. The molecule has 1 N–H and O–H groups in total. The van der Waals surface area contributed by atoms with Crippen molar-refractivity contribution in [1.29, 1.82) is 0 Å². The number of carbonyl (C=O) groups is 1. The molecule has 1 fully saturated rings. The van der Waals surface area contributed by atoms with Gasteiger partial charge in [0.25, 0.3) is 0 Å². The van der Waals surface area contributed by atoms with Crippen LogP contribution in [0.2, 0.25) is 0 Å². The molecule has 1 aliphatic rings. The van der Waals surface area contributed by atoms with E-state index in [0.29, 0.717) is 12.0 Å². The van der Waals surface area contributed by atoms with Crippen LogP contribution in [0.1, 0.15) is 17.9 Å². The van der Waals surface area contributed by atoms with Crippen LogP contribution in [0, 0.1) is 0 Å². The standard InChI is InChI=1S/C12H13NO/c1-2-12(14)13-11-8-10(11)9-6-4-3-5-7-9/h2-7,10-11H,1,8H2,(H,13,14)/t10-,11-/m1/s1. The summed E-state index contributed by atoms with van der Waals surface area (Å²) in [6, 6.07) is 10.6. The second kappa shape index (κ2) is 3.66. The normalized spacial score (nSPS) is 24.0. The van der Waals surface area contributed by atoms with Crippen LogP contribution >= 0.6 is 0 Å². The largest absolute Gasteiger partial charge is 0.349 e. The van der Waals surface area contributed by atoms with Gasteiger partial charge in [0.1, 0.15) is 0 Å². The van der Waals surface area contributed by atoms with E-state index in [4.69, 9.17) is 0 Å². The van der Waals surface area contributed by atoms with Gasteiger partial charge in [-0.3, -0.25) is 4.79 Å². The lowest BCUT2D eigenvalue weighted by Gasteiger charge is -2.00. The fourth-order valence-corrected chi connectivity index (χ4v) is 1.66. The molecule has 0 aromatic heterocycles. The minimum absolute atomic E-state index is 0.0755. The predicted molar refractivity (Wildman–Crippen MR) is 55.9 cm³/mol. The fourth-order valence-electron chi connectivity index (χ4n) is 1.66. The van der Waals surface area contributed by atoms with Crippen LogP contribution in [0.5, 0.6) is 0 Å². The Morgan fingerprint density at radius 1 is 1.43 bits per heavy atom. The van der Waals surface area contributed by atoms with Crippen LogP contribution in [0.15, 0.2) is 43.0 Å². The summed E-state index contributed by atoms with van der Waals surface area (Å²) in [5, 5.41) is 2.90. The van der Waals surface area contributed by atoms with Crippen LogP contribution in [0.4, 0.5) is 0 Å². The van der Waals surface area contributed by atoms with E-state index in [0.717, 1.165) is 6.42 Å².